The number of carbonyl (C=O) groups excluding carboxylic acids is 1. The molecule has 1 aliphatic heterocycles. The maximum atomic E-state index is 13.9. The van der Waals surface area contributed by atoms with Gasteiger partial charge in [0.1, 0.15) is 0 Å². The van der Waals surface area contributed by atoms with Crippen molar-refractivity contribution in [2.24, 2.45) is 0 Å². The predicted octanol–water partition coefficient (Wildman–Crippen LogP) is 5.67. The predicted molar refractivity (Wildman–Crippen MR) is 142 cm³/mol. The lowest BCUT2D eigenvalue weighted by molar-refractivity contribution is 0.0985. The van der Waals surface area contributed by atoms with E-state index in [-0.39, 0.29) is 23.9 Å². The molecule has 0 saturated heterocycles. The van der Waals surface area contributed by atoms with Gasteiger partial charge in [-0.15, -0.1) is 0 Å². The van der Waals surface area contributed by atoms with Crippen LogP contribution < -0.4 is 4.90 Å². The lowest BCUT2D eigenvalue weighted by Crippen LogP contribution is -2.36. The summed E-state index contributed by atoms with van der Waals surface area (Å²) < 4.78 is 29.3. The fourth-order valence-electron chi connectivity index (χ4n) is 4.63. The van der Waals surface area contributed by atoms with Gasteiger partial charge in [-0.1, -0.05) is 78.9 Å². The molecule has 0 fully saturated rings. The van der Waals surface area contributed by atoms with E-state index in [1.54, 1.807) is 35.2 Å². The molecule has 0 atom stereocenters. The first kappa shape index (κ1) is 24.0. The molecule has 1 heterocycles. The number of fused-ring (bicyclic) bond motifs is 1. The number of aryl methyl sites for hydroxylation is 1. The topological polar surface area (TPSA) is 57.7 Å². The Kier molecular flexibility index (Phi) is 6.98. The van der Waals surface area contributed by atoms with Crippen molar-refractivity contribution in [3.8, 4) is 0 Å². The van der Waals surface area contributed by atoms with Gasteiger partial charge in [0, 0.05) is 30.9 Å². The van der Waals surface area contributed by atoms with Gasteiger partial charge in [0.25, 0.3) is 5.91 Å². The zero-order chi connectivity index (χ0) is 25.0. The van der Waals surface area contributed by atoms with E-state index in [1.165, 1.54) is 4.31 Å². The molecule has 6 heteroatoms. The standard InChI is InChI=1S/C30H28N2O3S/c33-30(26-15-8-3-9-16-26)32-20-10-17-27-21-28(18-19-29(27)32)36(34,35)31(22-24-11-4-1-5-12-24)23-25-13-6-2-7-14-25/h1-9,11-16,18-19,21H,10,17,20,22-23H2. The van der Waals surface area contributed by atoms with Crippen LogP contribution in [0.3, 0.4) is 0 Å². The Hall–Kier alpha value is -3.74. The van der Waals surface area contributed by atoms with Crippen LogP contribution in [-0.4, -0.2) is 25.2 Å². The minimum absolute atomic E-state index is 0.0676. The van der Waals surface area contributed by atoms with Crippen molar-refractivity contribution in [3.05, 3.63) is 131 Å². The molecule has 0 saturated carbocycles. The molecule has 1 amide bonds. The Bertz CT molecular complexity index is 1400. The molecule has 0 radical (unpaired) electrons. The van der Waals surface area contributed by atoms with E-state index < -0.39 is 10.0 Å². The van der Waals surface area contributed by atoms with Crippen LogP contribution >= 0.6 is 0 Å². The highest BCUT2D eigenvalue weighted by Gasteiger charge is 2.29. The van der Waals surface area contributed by atoms with E-state index in [0.717, 1.165) is 35.2 Å². The van der Waals surface area contributed by atoms with Gasteiger partial charge in [0.15, 0.2) is 0 Å². The number of rotatable bonds is 7. The minimum atomic E-state index is -3.79. The van der Waals surface area contributed by atoms with Crippen LogP contribution in [0, 0.1) is 0 Å². The number of sulfonamides is 1. The highest BCUT2D eigenvalue weighted by atomic mass is 32.2. The molecule has 0 bridgehead atoms. The number of nitrogens with zero attached hydrogens (tertiary/aromatic N) is 2. The van der Waals surface area contributed by atoms with Gasteiger partial charge in [-0.2, -0.15) is 4.31 Å². The molecule has 0 N–H and O–H groups in total. The van der Waals surface area contributed by atoms with Crippen molar-refractivity contribution in [2.45, 2.75) is 30.8 Å². The van der Waals surface area contributed by atoms with Crippen molar-refractivity contribution in [1.29, 1.82) is 0 Å². The van der Waals surface area contributed by atoms with Crippen LogP contribution in [0.5, 0.6) is 0 Å². The van der Waals surface area contributed by atoms with Gasteiger partial charge in [-0.3, -0.25) is 4.79 Å². The van der Waals surface area contributed by atoms with E-state index in [2.05, 4.69) is 0 Å². The number of hydrogen-bond donors (Lipinski definition) is 0. The fraction of sp³-hybridized carbons (Fsp3) is 0.167. The third-order valence-corrected chi connectivity index (χ3v) is 8.26. The van der Waals surface area contributed by atoms with Crippen LogP contribution in [0.4, 0.5) is 5.69 Å². The number of hydrogen-bond acceptors (Lipinski definition) is 3. The second kappa shape index (κ2) is 10.5. The summed E-state index contributed by atoms with van der Waals surface area (Å²) in [4.78, 5) is 15.2. The molecule has 36 heavy (non-hydrogen) atoms. The average Bonchev–Trinajstić information content (AvgIpc) is 2.93. The number of carbonyl (C=O) groups is 1. The van der Waals surface area contributed by atoms with Crippen molar-refractivity contribution in [3.63, 3.8) is 0 Å². The normalized spacial score (nSPS) is 13.4. The Labute approximate surface area is 212 Å². The molecule has 0 spiro atoms. The molecule has 0 aromatic heterocycles. The zero-order valence-corrected chi connectivity index (χ0v) is 20.8. The molecule has 1 aliphatic rings. The second-order valence-corrected chi connectivity index (χ2v) is 10.9. The van der Waals surface area contributed by atoms with Crippen LogP contribution in [0.2, 0.25) is 0 Å². The van der Waals surface area contributed by atoms with Gasteiger partial charge in [-0.25, -0.2) is 8.42 Å². The van der Waals surface area contributed by atoms with Gasteiger partial charge in [0.05, 0.1) is 4.90 Å². The quantitative estimate of drug-likeness (QED) is 0.331. The molecule has 0 aliphatic carbocycles. The number of benzene rings is 4. The molecular weight excluding hydrogens is 468 g/mol. The van der Waals surface area contributed by atoms with Gasteiger partial charge in [-0.05, 0) is 59.9 Å². The summed E-state index contributed by atoms with van der Waals surface area (Å²) in [5, 5.41) is 0. The summed E-state index contributed by atoms with van der Waals surface area (Å²) in [7, 11) is -3.79. The Morgan fingerprint density at radius 3 is 1.89 bits per heavy atom. The van der Waals surface area contributed by atoms with E-state index >= 15 is 0 Å². The average molecular weight is 497 g/mol. The van der Waals surface area contributed by atoms with E-state index in [1.807, 2.05) is 78.9 Å². The summed E-state index contributed by atoms with van der Waals surface area (Å²) in [6.07, 6.45) is 1.52. The van der Waals surface area contributed by atoms with Crippen molar-refractivity contribution >= 4 is 21.6 Å². The summed E-state index contributed by atoms with van der Waals surface area (Å²) in [6.45, 7) is 1.16. The summed E-state index contributed by atoms with van der Waals surface area (Å²) in [5.74, 6) is -0.0676. The molecular formula is C30H28N2O3S. The monoisotopic (exact) mass is 496 g/mol. The fourth-order valence-corrected chi connectivity index (χ4v) is 6.10. The lowest BCUT2D eigenvalue weighted by Gasteiger charge is -2.30. The highest BCUT2D eigenvalue weighted by molar-refractivity contribution is 7.89. The van der Waals surface area contributed by atoms with Gasteiger partial charge in [0.2, 0.25) is 10.0 Å². The third kappa shape index (κ3) is 5.10. The first-order valence-electron chi connectivity index (χ1n) is 12.1. The van der Waals surface area contributed by atoms with Crippen molar-refractivity contribution in [1.82, 2.24) is 4.31 Å². The maximum Gasteiger partial charge on any atom is 0.258 e. The summed E-state index contributed by atoms with van der Waals surface area (Å²) >= 11 is 0. The molecule has 4 aromatic rings. The molecule has 5 rings (SSSR count). The Morgan fingerprint density at radius 1 is 0.750 bits per heavy atom. The highest BCUT2D eigenvalue weighted by Crippen LogP contribution is 2.32. The Morgan fingerprint density at radius 2 is 1.31 bits per heavy atom. The minimum Gasteiger partial charge on any atom is -0.308 e. The SMILES string of the molecule is O=C(c1ccccc1)N1CCCc2cc(S(=O)(=O)N(Cc3ccccc3)Cc3ccccc3)ccc21. The van der Waals surface area contributed by atoms with Crippen molar-refractivity contribution < 1.29 is 13.2 Å². The van der Waals surface area contributed by atoms with Gasteiger partial charge < -0.3 is 4.90 Å². The largest absolute Gasteiger partial charge is 0.308 e. The van der Waals surface area contributed by atoms with Crippen LogP contribution in [0.25, 0.3) is 0 Å². The molecule has 4 aromatic carbocycles. The smallest absolute Gasteiger partial charge is 0.258 e. The first-order valence-corrected chi connectivity index (χ1v) is 13.5. The number of anilines is 1. The van der Waals surface area contributed by atoms with Crippen LogP contribution in [-0.2, 0) is 29.5 Å². The molecule has 0 unspecified atom stereocenters. The zero-order valence-electron chi connectivity index (χ0n) is 20.0. The van der Waals surface area contributed by atoms with Crippen LogP contribution in [0.15, 0.2) is 114 Å². The van der Waals surface area contributed by atoms with E-state index in [0.29, 0.717) is 12.1 Å². The van der Waals surface area contributed by atoms with Crippen molar-refractivity contribution in [2.75, 3.05) is 11.4 Å². The van der Waals surface area contributed by atoms with Gasteiger partial charge >= 0.3 is 0 Å². The number of amides is 1. The summed E-state index contributed by atoms with van der Waals surface area (Å²) in [5.41, 5.74) is 4.14. The molecule has 5 nitrogen and oxygen atoms in total. The lowest BCUT2D eigenvalue weighted by atomic mass is 10.0. The molecule has 182 valence electrons. The summed E-state index contributed by atoms with van der Waals surface area (Å²) in [6, 6.07) is 33.6. The van der Waals surface area contributed by atoms with Crippen LogP contribution in [0.1, 0.15) is 33.5 Å². The van der Waals surface area contributed by atoms with E-state index in [9.17, 15) is 13.2 Å². The Balaban J connectivity index is 1.48. The first-order chi connectivity index (χ1) is 17.5. The van der Waals surface area contributed by atoms with E-state index in [4.69, 9.17) is 0 Å². The third-order valence-electron chi connectivity index (χ3n) is 6.48. The maximum absolute atomic E-state index is 13.9. The second-order valence-electron chi connectivity index (χ2n) is 8.96.